The van der Waals surface area contributed by atoms with Gasteiger partial charge in [0.05, 0.1) is 0 Å². The summed E-state index contributed by atoms with van der Waals surface area (Å²) in [6.45, 7) is 5.23. The highest BCUT2D eigenvalue weighted by Gasteiger charge is 2.25. The second-order valence-electron chi connectivity index (χ2n) is 4.65. The van der Waals surface area contributed by atoms with Crippen LogP contribution in [0.15, 0.2) is 30.3 Å². The zero-order valence-corrected chi connectivity index (χ0v) is 11.6. The molecule has 5 nitrogen and oxygen atoms in total. The predicted molar refractivity (Wildman–Crippen MR) is 76.2 cm³/mol. The second kappa shape index (κ2) is 5.36. The summed E-state index contributed by atoms with van der Waals surface area (Å²) in [5, 5.41) is 3.20. The van der Waals surface area contributed by atoms with Gasteiger partial charge < -0.3 is 14.8 Å². The van der Waals surface area contributed by atoms with Gasteiger partial charge in [-0.05, 0) is 26.0 Å². The van der Waals surface area contributed by atoms with Gasteiger partial charge in [0.1, 0.15) is 12.4 Å². The molecule has 2 aromatic rings. The van der Waals surface area contributed by atoms with Gasteiger partial charge in [0.15, 0.2) is 23.4 Å². The highest BCUT2D eigenvalue weighted by atomic mass is 16.6. The van der Waals surface area contributed by atoms with Crippen LogP contribution in [0, 0.1) is 6.92 Å². The van der Waals surface area contributed by atoms with Crippen LogP contribution in [0.4, 0.5) is 5.82 Å². The lowest BCUT2D eigenvalue weighted by molar-refractivity contribution is 0.0850. The quantitative estimate of drug-likeness (QED) is 0.930. The van der Waals surface area contributed by atoms with E-state index < -0.39 is 0 Å². The Kier molecular flexibility index (Phi) is 3.41. The molecule has 3 rings (SSSR count). The van der Waals surface area contributed by atoms with Crippen molar-refractivity contribution in [1.29, 1.82) is 0 Å². The van der Waals surface area contributed by atoms with Crippen LogP contribution >= 0.6 is 0 Å². The molecule has 1 atom stereocenters. The minimum atomic E-state index is -0.276. The number of rotatable bonds is 3. The van der Waals surface area contributed by atoms with E-state index in [9.17, 15) is 0 Å². The number of nitrogens with zero attached hydrogens (tertiary/aromatic N) is 2. The molecule has 0 amide bonds. The van der Waals surface area contributed by atoms with Crippen molar-refractivity contribution in [2.24, 2.45) is 0 Å². The monoisotopic (exact) mass is 271 g/mol. The van der Waals surface area contributed by atoms with Crippen molar-refractivity contribution in [2.75, 3.05) is 18.5 Å². The molecule has 1 aromatic carbocycles. The highest BCUT2D eigenvalue weighted by molar-refractivity contribution is 5.41. The second-order valence-corrected chi connectivity index (χ2v) is 4.65. The highest BCUT2D eigenvalue weighted by Crippen LogP contribution is 2.35. The van der Waals surface area contributed by atoms with E-state index in [0.29, 0.717) is 12.4 Å². The lowest BCUT2D eigenvalue weighted by Gasteiger charge is -2.25. The third kappa shape index (κ3) is 2.52. The van der Waals surface area contributed by atoms with Crippen LogP contribution in [0.5, 0.6) is 11.5 Å². The molecule has 0 bridgehead atoms. The molecule has 1 aliphatic rings. The van der Waals surface area contributed by atoms with Crippen LogP contribution in [0.2, 0.25) is 0 Å². The Morgan fingerprint density at radius 2 is 2.05 bits per heavy atom. The number of aryl methyl sites for hydroxylation is 1. The van der Waals surface area contributed by atoms with Gasteiger partial charge in [-0.15, -0.1) is 0 Å². The predicted octanol–water partition coefficient (Wildman–Crippen LogP) is 2.73. The van der Waals surface area contributed by atoms with E-state index in [4.69, 9.17) is 9.47 Å². The normalized spacial score (nSPS) is 16.8. The maximum Gasteiger partial charge on any atom is 0.192 e. The fraction of sp³-hybridized carbons (Fsp3) is 0.333. The maximum absolute atomic E-state index is 5.93. The Labute approximate surface area is 118 Å². The van der Waals surface area contributed by atoms with Crippen LogP contribution in [-0.4, -0.2) is 23.1 Å². The molecular weight excluding hydrogens is 254 g/mol. The lowest BCUT2D eigenvalue weighted by Crippen LogP contribution is -2.24. The first-order valence-corrected chi connectivity index (χ1v) is 6.74. The number of para-hydroxylation sites is 2. The summed E-state index contributed by atoms with van der Waals surface area (Å²) in [7, 11) is 0. The minimum Gasteiger partial charge on any atom is -0.485 e. The molecule has 1 aromatic heterocycles. The third-order valence-electron chi connectivity index (χ3n) is 3.03. The first kappa shape index (κ1) is 12.7. The van der Waals surface area contributed by atoms with Gasteiger partial charge in [0.25, 0.3) is 0 Å². The van der Waals surface area contributed by atoms with Crippen molar-refractivity contribution in [2.45, 2.75) is 20.0 Å². The van der Waals surface area contributed by atoms with Crippen LogP contribution in [-0.2, 0) is 0 Å². The first-order valence-electron chi connectivity index (χ1n) is 6.74. The first-order chi connectivity index (χ1) is 9.76. The topological polar surface area (TPSA) is 56.3 Å². The van der Waals surface area contributed by atoms with Crippen molar-refractivity contribution >= 4 is 5.82 Å². The summed E-state index contributed by atoms with van der Waals surface area (Å²) in [5.41, 5.74) is 0.911. The van der Waals surface area contributed by atoms with E-state index in [1.54, 1.807) is 0 Å². The van der Waals surface area contributed by atoms with Gasteiger partial charge in [0, 0.05) is 18.3 Å². The average molecular weight is 271 g/mol. The van der Waals surface area contributed by atoms with Gasteiger partial charge in [-0.1, -0.05) is 12.1 Å². The molecule has 0 aliphatic carbocycles. The molecule has 0 saturated heterocycles. The van der Waals surface area contributed by atoms with Crippen molar-refractivity contribution in [1.82, 2.24) is 9.97 Å². The van der Waals surface area contributed by atoms with Crippen LogP contribution in [0.3, 0.4) is 0 Å². The lowest BCUT2D eigenvalue weighted by atomic mass is 10.2. The molecular formula is C15H17N3O2. The zero-order chi connectivity index (χ0) is 13.9. The summed E-state index contributed by atoms with van der Waals surface area (Å²) < 4.78 is 11.6. The summed E-state index contributed by atoms with van der Waals surface area (Å²) in [5.74, 6) is 2.97. The van der Waals surface area contributed by atoms with Gasteiger partial charge in [-0.3, -0.25) is 0 Å². The van der Waals surface area contributed by atoms with Crippen molar-refractivity contribution in [3.05, 3.63) is 41.9 Å². The summed E-state index contributed by atoms with van der Waals surface area (Å²) in [6, 6.07) is 9.56. The van der Waals surface area contributed by atoms with Crippen LogP contribution in [0.25, 0.3) is 0 Å². The number of benzene rings is 1. The van der Waals surface area contributed by atoms with E-state index in [1.165, 1.54) is 0 Å². The molecule has 1 aliphatic heterocycles. The molecule has 1 N–H and O–H groups in total. The van der Waals surface area contributed by atoms with E-state index >= 15 is 0 Å². The molecule has 20 heavy (non-hydrogen) atoms. The summed E-state index contributed by atoms with van der Waals surface area (Å²) >= 11 is 0. The Bertz CT molecular complexity index is 616. The molecule has 2 heterocycles. The van der Waals surface area contributed by atoms with Crippen molar-refractivity contribution < 1.29 is 9.47 Å². The van der Waals surface area contributed by atoms with E-state index in [0.717, 1.165) is 29.6 Å². The third-order valence-corrected chi connectivity index (χ3v) is 3.03. The number of nitrogens with one attached hydrogen (secondary N) is 1. The molecule has 0 radical (unpaired) electrons. The fourth-order valence-electron chi connectivity index (χ4n) is 2.15. The van der Waals surface area contributed by atoms with Crippen molar-refractivity contribution in [3.63, 3.8) is 0 Å². The summed E-state index contributed by atoms with van der Waals surface area (Å²) in [6.07, 6.45) is -0.276. The van der Waals surface area contributed by atoms with Crippen LogP contribution < -0.4 is 14.8 Å². The standard InChI is InChI=1S/C15H17N3O2/c1-3-16-14-8-10(2)17-15(18-14)13-9-19-11-6-4-5-7-12(11)20-13/h4-8,13H,3,9H2,1-2H3,(H,16,17,18). The van der Waals surface area contributed by atoms with Gasteiger partial charge in [-0.2, -0.15) is 0 Å². The van der Waals surface area contributed by atoms with Gasteiger partial charge in [0.2, 0.25) is 0 Å². The Morgan fingerprint density at radius 3 is 2.85 bits per heavy atom. The number of hydrogen-bond acceptors (Lipinski definition) is 5. The average Bonchev–Trinajstić information content (AvgIpc) is 2.46. The van der Waals surface area contributed by atoms with E-state index in [1.807, 2.05) is 44.2 Å². The SMILES string of the molecule is CCNc1cc(C)nc(C2COc3ccccc3O2)n1. The number of fused-ring (bicyclic) bond motifs is 1. The molecule has 1 unspecified atom stereocenters. The Balaban J connectivity index is 1.87. The van der Waals surface area contributed by atoms with E-state index in [2.05, 4.69) is 15.3 Å². The Hall–Kier alpha value is -2.30. The smallest absolute Gasteiger partial charge is 0.192 e. The zero-order valence-electron chi connectivity index (χ0n) is 11.6. The van der Waals surface area contributed by atoms with Crippen LogP contribution in [0.1, 0.15) is 24.5 Å². The summed E-state index contributed by atoms with van der Waals surface area (Å²) in [4.78, 5) is 8.95. The molecule has 0 spiro atoms. The maximum atomic E-state index is 5.93. The van der Waals surface area contributed by atoms with E-state index in [-0.39, 0.29) is 6.10 Å². The molecule has 0 fully saturated rings. The largest absolute Gasteiger partial charge is 0.485 e. The van der Waals surface area contributed by atoms with Gasteiger partial charge >= 0.3 is 0 Å². The molecule has 0 saturated carbocycles. The number of hydrogen-bond donors (Lipinski definition) is 1. The Morgan fingerprint density at radius 1 is 1.25 bits per heavy atom. The fourth-order valence-corrected chi connectivity index (χ4v) is 2.15. The number of ether oxygens (including phenoxy) is 2. The number of anilines is 1. The number of aromatic nitrogens is 2. The van der Waals surface area contributed by atoms with Crippen molar-refractivity contribution in [3.8, 4) is 11.5 Å². The molecule has 104 valence electrons. The van der Waals surface area contributed by atoms with Gasteiger partial charge in [-0.25, -0.2) is 9.97 Å². The minimum absolute atomic E-state index is 0.276. The molecule has 5 heteroatoms.